The highest BCUT2D eigenvalue weighted by Crippen LogP contribution is 2.27. The van der Waals surface area contributed by atoms with E-state index < -0.39 is 9.04 Å². The highest BCUT2D eigenvalue weighted by atomic mass is 79.9. The van der Waals surface area contributed by atoms with Crippen LogP contribution in [-0.4, -0.2) is 20.1 Å². The van der Waals surface area contributed by atoms with Gasteiger partial charge < -0.3 is 4.43 Å². The van der Waals surface area contributed by atoms with Crippen LogP contribution < -0.4 is 0 Å². The Labute approximate surface area is 127 Å². The molecule has 1 rings (SSSR count). The first-order valence-electron chi connectivity index (χ1n) is 7.05. The first-order valence-corrected chi connectivity index (χ1v) is 10.6. The zero-order chi connectivity index (χ0) is 14.5. The summed E-state index contributed by atoms with van der Waals surface area (Å²) in [5.41, 5.74) is 1.39. The SMILES string of the molecule is C[SiH](C)OC(CCCc1ccc(Br)cn1)C(C)(C)C. The molecule has 2 nitrogen and oxygen atoms in total. The maximum Gasteiger partial charge on any atom is 0.171 e. The number of hydrogen-bond acceptors (Lipinski definition) is 2. The van der Waals surface area contributed by atoms with Crippen LogP contribution in [0, 0.1) is 5.41 Å². The van der Waals surface area contributed by atoms with E-state index in [4.69, 9.17) is 4.43 Å². The molecule has 0 saturated carbocycles. The van der Waals surface area contributed by atoms with Gasteiger partial charge in [-0.15, -0.1) is 0 Å². The van der Waals surface area contributed by atoms with Gasteiger partial charge in [-0.3, -0.25) is 4.98 Å². The average molecular weight is 344 g/mol. The predicted molar refractivity (Wildman–Crippen MR) is 88.1 cm³/mol. The molecule has 1 unspecified atom stereocenters. The van der Waals surface area contributed by atoms with Gasteiger partial charge in [0.2, 0.25) is 0 Å². The lowest BCUT2D eigenvalue weighted by atomic mass is 9.86. The van der Waals surface area contributed by atoms with Gasteiger partial charge in [-0.25, -0.2) is 0 Å². The maximum atomic E-state index is 6.18. The van der Waals surface area contributed by atoms with Crippen LogP contribution in [0.25, 0.3) is 0 Å². The number of pyridine rings is 1. The summed E-state index contributed by atoms with van der Waals surface area (Å²) < 4.78 is 7.22. The van der Waals surface area contributed by atoms with Crippen molar-refractivity contribution >= 4 is 25.0 Å². The van der Waals surface area contributed by atoms with E-state index in [2.05, 4.69) is 66.9 Å². The van der Waals surface area contributed by atoms with Gasteiger partial charge in [0.15, 0.2) is 9.04 Å². The van der Waals surface area contributed by atoms with Crippen molar-refractivity contribution in [3.63, 3.8) is 0 Å². The number of aromatic nitrogens is 1. The minimum atomic E-state index is -0.973. The van der Waals surface area contributed by atoms with Crippen molar-refractivity contribution in [2.75, 3.05) is 0 Å². The zero-order valence-electron chi connectivity index (χ0n) is 12.7. The standard InChI is InChI=1S/C15H26BrNOSi/c1-15(2,3)14(18-19(4)5)8-6-7-13-10-9-12(16)11-17-13/h9-11,14,19H,6-8H2,1-5H3. The molecule has 0 aromatic carbocycles. The minimum Gasteiger partial charge on any atom is -0.417 e. The fraction of sp³-hybridized carbons (Fsp3) is 0.667. The first-order chi connectivity index (χ1) is 8.79. The Hall–Kier alpha value is -0.193. The van der Waals surface area contributed by atoms with Crippen LogP contribution in [0.5, 0.6) is 0 Å². The molecule has 0 fully saturated rings. The molecule has 1 aromatic heterocycles. The molecule has 0 aliphatic carbocycles. The maximum absolute atomic E-state index is 6.18. The van der Waals surface area contributed by atoms with Gasteiger partial charge >= 0.3 is 0 Å². The van der Waals surface area contributed by atoms with Gasteiger partial charge in [0, 0.05) is 22.5 Å². The zero-order valence-corrected chi connectivity index (χ0v) is 15.5. The molecule has 0 saturated heterocycles. The normalized spacial score (nSPS) is 13.8. The molecular formula is C15H26BrNOSi. The highest BCUT2D eigenvalue weighted by Gasteiger charge is 2.25. The van der Waals surface area contributed by atoms with Gasteiger partial charge in [0.25, 0.3) is 0 Å². The van der Waals surface area contributed by atoms with Crippen LogP contribution in [0.3, 0.4) is 0 Å². The molecular weight excluding hydrogens is 318 g/mol. The summed E-state index contributed by atoms with van der Waals surface area (Å²) in [5, 5.41) is 0. The third-order valence-electron chi connectivity index (χ3n) is 3.09. The molecule has 0 aliphatic heterocycles. The predicted octanol–water partition coefficient (Wildman–Crippen LogP) is 4.58. The van der Waals surface area contributed by atoms with Crippen molar-refractivity contribution in [2.24, 2.45) is 5.41 Å². The highest BCUT2D eigenvalue weighted by molar-refractivity contribution is 9.10. The quantitative estimate of drug-likeness (QED) is 0.705. The van der Waals surface area contributed by atoms with E-state index in [1.165, 1.54) is 0 Å². The summed E-state index contributed by atoms with van der Waals surface area (Å²) in [7, 11) is -0.973. The molecule has 4 heteroatoms. The second-order valence-electron chi connectivity index (χ2n) is 6.40. The molecule has 1 heterocycles. The van der Waals surface area contributed by atoms with E-state index in [0.717, 1.165) is 29.4 Å². The van der Waals surface area contributed by atoms with Gasteiger partial charge in [0.1, 0.15) is 0 Å². The van der Waals surface area contributed by atoms with Crippen LogP contribution in [-0.2, 0) is 10.8 Å². The second-order valence-corrected chi connectivity index (χ2v) is 9.68. The smallest absolute Gasteiger partial charge is 0.171 e. The summed E-state index contributed by atoms with van der Waals surface area (Å²) in [6.07, 6.45) is 5.52. The third-order valence-corrected chi connectivity index (χ3v) is 4.43. The van der Waals surface area contributed by atoms with Gasteiger partial charge in [-0.05, 0) is 65.8 Å². The molecule has 19 heavy (non-hydrogen) atoms. The number of halogens is 1. The molecule has 0 spiro atoms. The van der Waals surface area contributed by atoms with E-state index >= 15 is 0 Å². The molecule has 0 aliphatic rings. The largest absolute Gasteiger partial charge is 0.417 e. The molecule has 0 N–H and O–H groups in total. The topological polar surface area (TPSA) is 22.1 Å². The molecule has 0 radical (unpaired) electrons. The molecule has 1 atom stereocenters. The Balaban J connectivity index is 2.46. The lowest BCUT2D eigenvalue weighted by Gasteiger charge is -2.32. The first kappa shape index (κ1) is 16.9. The number of rotatable bonds is 6. The summed E-state index contributed by atoms with van der Waals surface area (Å²) in [6, 6.07) is 4.15. The summed E-state index contributed by atoms with van der Waals surface area (Å²) in [4.78, 5) is 4.42. The van der Waals surface area contributed by atoms with Gasteiger partial charge in [-0.2, -0.15) is 0 Å². The van der Waals surface area contributed by atoms with Crippen molar-refractivity contribution < 1.29 is 4.43 Å². The van der Waals surface area contributed by atoms with Crippen molar-refractivity contribution in [1.29, 1.82) is 0 Å². The van der Waals surface area contributed by atoms with E-state index in [1.54, 1.807) is 0 Å². The third kappa shape index (κ3) is 6.68. The number of nitrogens with zero attached hydrogens (tertiary/aromatic N) is 1. The molecule has 108 valence electrons. The second kappa shape index (κ2) is 7.55. The minimum absolute atomic E-state index is 0.227. The molecule has 1 aromatic rings. The van der Waals surface area contributed by atoms with E-state index in [9.17, 15) is 0 Å². The van der Waals surface area contributed by atoms with Crippen LogP contribution in [0.1, 0.15) is 39.3 Å². The fourth-order valence-corrected chi connectivity index (χ4v) is 3.49. The van der Waals surface area contributed by atoms with Gasteiger partial charge in [0.05, 0.1) is 0 Å². The Bertz CT molecular complexity index is 373. The van der Waals surface area contributed by atoms with Gasteiger partial charge in [-0.1, -0.05) is 20.8 Å². The van der Waals surface area contributed by atoms with E-state index in [1.807, 2.05) is 6.20 Å². The molecule has 0 bridgehead atoms. The Kier molecular flexibility index (Phi) is 6.70. The summed E-state index contributed by atoms with van der Waals surface area (Å²) >= 11 is 3.41. The Morgan fingerprint density at radius 3 is 2.47 bits per heavy atom. The molecule has 0 amide bonds. The van der Waals surface area contributed by atoms with Crippen LogP contribution >= 0.6 is 15.9 Å². The van der Waals surface area contributed by atoms with Crippen molar-refractivity contribution in [3.8, 4) is 0 Å². The average Bonchev–Trinajstić information content (AvgIpc) is 2.28. The summed E-state index contributed by atoms with van der Waals surface area (Å²) in [6.45, 7) is 11.3. The van der Waals surface area contributed by atoms with E-state index in [-0.39, 0.29) is 5.41 Å². The summed E-state index contributed by atoms with van der Waals surface area (Å²) in [5.74, 6) is 0. The van der Waals surface area contributed by atoms with Crippen molar-refractivity contribution in [2.45, 2.75) is 59.2 Å². The Morgan fingerprint density at radius 1 is 1.32 bits per heavy atom. The van der Waals surface area contributed by atoms with Crippen LogP contribution in [0.2, 0.25) is 13.1 Å². The fourth-order valence-electron chi connectivity index (χ4n) is 2.06. The van der Waals surface area contributed by atoms with Crippen LogP contribution in [0.4, 0.5) is 0 Å². The van der Waals surface area contributed by atoms with Crippen molar-refractivity contribution in [3.05, 3.63) is 28.5 Å². The monoisotopic (exact) mass is 343 g/mol. The Morgan fingerprint density at radius 2 is 2.00 bits per heavy atom. The van der Waals surface area contributed by atoms with E-state index in [0.29, 0.717) is 6.10 Å². The van der Waals surface area contributed by atoms with Crippen LogP contribution in [0.15, 0.2) is 22.8 Å². The lowest BCUT2D eigenvalue weighted by molar-refractivity contribution is 0.0766. The number of hydrogen-bond donors (Lipinski definition) is 0. The van der Waals surface area contributed by atoms with Crippen molar-refractivity contribution in [1.82, 2.24) is 4.98 Å². The lowest BCUT2D eigenvalue weighted by Crippen LogP contribution is -2.33. The number of aryl methyl sites for hydroxylation is 1.